The van der Waals surface area contributed by atoms with Gasteiger partial charge in [0.2, 0.25) is 0 Å². The smallest absolute Gasteiger partial charge is 0.0753 e. The molecule has 72 valence electrons. The summed E-state index contributed by atoms with van der Waals surface area (Å²) in [5, 5.41) is 12.9. The molecule has 0 amide bonds. The van der Waals surface area contributed by atoms with Crippen molar-refractivity contribution < 1.29 is 5.11 Å². The van der Waals surface area contributed by atoms with Crippen LogP contribution in [-0.4, -0.2) is 24.3 Å². The van der Waals surface area contributed by atoms with Crippen molar-refractivity contribution in [3.63, 3.8) is 0 Å². The Labute approximate surface area is 82.6 Å². The molecule has 1 aliphatic rings. The van der Waals surface area contributed by atoms with Crippen molar-refractivity contribution >= 4 is 11.3 Å². The summed E-state index contributed by atoms with van der Waals surface area (Å²) in [6.07, 6.45) is 0.907. The van der Waals surface area contributed by atoms with Gasteiger partial charge in [-0.2, -0.15) is 0 Å². The Morgan fingerprint density at radius 1 is 1.54 bits per heavy atom. The molecule has 1 aromatic heterocycles. The summed E-state index contributed by atoms with van der Waals surface area (Å²) in [6.45, 7) is 3.83. The Hall–Kier alpha value is -0.380. The lowest BCUT2D eigenvalue weighted by atomic mass is 10.1. The minimum Gasteiger partial charge on any atom is -0.391 e. The monoisotopic (exact) mass is 197 g/mol. The molecule has 2 heterocycles. The van der Waals surface area contributed by atoms with Crippen LogP contribution >= 0.6 is 11.3 Å². The van der Waals surface area contributed by atoms with Gasteiger partial charge in [0.25, 0.3) is 0 Å². The molecule has 0 aromatic carbocycles. The first-order valence-electron chi connectivity index (χ1n) is 4.78. The molecule has 1 fully saturated rings. The van der Waals surface area contributed by atoms with E-state index in [0.29, 0.717) is 5.92 Å². The molecule has 1 aliphatic heterocycles. The lowest BCUT2D eigenvalue weighted by molar-refractivity contribution is 0.179. The molecular formula is C10H15NOS. The Morgan fingerprint density at radius 2 is 2.38 bits per heavy atom. The lowest BCUT2D eigenvalue weighted by Gasteiger charge is -2.10. The predicted molar refractivity (Wildman–Crippen MR) is 55.3 cm³/mol. The number of hydrogen-bond donors (Lipinski definition) is 2. The Bertz CT molecular complexity index is 284. The topological polar surface area (TPSA) is 32.3 Å². The molecule has 0 radical (unpaired) electrons. The number of β-amino-alcohol motifs (C(OH)–C–C–N with tert-alkyl or cyclic N) is 1. The fourth-order valence-electron chi connectivity index (χ4n) is 1.74. The molecule has 2 atom stereocenters. The molecule has 0 aliphatic carbocycles. The Kier molecular flexibility index (Phi) is 2.67. The van der Waals surface area contributed by atoms with Gasteiger partial charge in [0, 0.05) is 28.8 Å². The van der Waals surface area contributed by atoms with E-state index in [2.05, 4.69) is 24.4 Å². The second kappa shape index (κ2) is 3.78. The molecule has 1 aromatic rings. The lowest BCUT2D eigenvalue weighted by Crippen LogP contribution is -2.15. The van der Waals surface area contributed by atoms with Crippen molar-refractivity contribution in [2.45, 2.75) is 25.4 Å². The molecule has 0 saturated carbocycles. The molecule has 0 unspecified atom stereocenters. The Morgan fingerprint density at radius 3 is 2.92 bits per heavy atom. The first kappa shape index (κ1) is 9.19. The van der Waals surface area contributed by atoms with Gasteiger partial charge in [-0.25, -0.2) is 0 Å². The fraction of sp³-hybridized carbons (Fsp3) is 0.600. The average Bonchev–Trinajstić information content (AvgIpc) is 2.71. The van der Waals surface area contributed by atoms with Crippen LogP contribution in [0.3, 0.4) is 0 Å². The Balaban J connectivity index is 2.15. The molecular weight excluding hydrogens is 182 g/mol. The number of nitrogens with one attached hydrogen (secondary N) is 1. The van der Waals surface area contributed by atoms with Crippen LogP contribution in [0.5, 0.6) is 0 Å². The average molecular weight is 197 g/mol. The van der Waals surface area contributed by atoms with Crippen molar-refractivity contribution in [1.82, 2.24) is 5.32 Å². The first-order valence-corrected chi connectivity index (χ1v) is 5.60. The molecule has 2 rings (SSSR count). The van der Waals surface area contributed by atoms with E-state index in [-0.39, 0.29) is 6.10 Å². The molecule has 1 saturated heterocycles. The van der Waals surface area contributed by atoms with Gasteiger partial charge < -0.3 is 10.4 Å². The summed E-state index contributed by atoms with van der Waals surface area (Å²) < 4.78 is 0. The maximum Gasteiger partial charge on any atom is 0.0753 e. The summed E-state index contributed by atoms with van der Waals surface area (Å²) in [5.74, 6) is 0.324. The summed E-state index contributed by atoms with van der Waals surface area (Å²) in [6, 6.07) is 4.33. The standard InChI is InChI=1S/C10H15NOS/c1-2-7-3-4-10(13-7)8-5-11-6-9(8)12/h3-4,8-9,11-12H,2,5-6H2,1H3/t8-,9-/m1/s1. The molecule has 2 N–H and O–H groups in total. The van der Waals surface area contributed by atoms with E-state index in [1.54, 1.807) is 0 Å². The summed E-state index contributed by atoms with van der Waals surface area (Å²) in [4.78, 5) is 2.74. The van der Waals surface area contributed by atoms with Gasteiger partial charge in [-0.1, -0.05) is 6.92 Å². The van der Waals surface area contributed by atoms with Gasteiger partial charge in [0.15, 0.2) is 0 Å². The highest BCUT2D eigenvalue weighted by Gasteiger charge is 2.27. The number of aliphatic hydroxyl groups excluding tert-OH is 1. The van der Waals surface area contributed by atoms with Crippen LogP contribution in [0.2, 0.25) is 0 Å². The van der Waals surface area contributed by atoms with Crippen molar-refractivity contribution in [2.24, 2.45) is 0 Å². The van der Waals surface area contributed by atoms with Crippen LogP contribution < -0.4 is 5.32 Å². The maximum atomic E-state index is 9.67. The van der Waals surface area contributed by atoms with Crippen molar-refractivity contribution in [3.8, 4) is 0 Å². The van der Waals surface area contributed by atoms with Crippen LogP contribution in [-0.2, 0) is 6.42 Å². The SMILES string of the molecule is CCc1ccc([C@@H]2CNC[C@H]2O)s1. The zero-order valence-electron chi connectivity index (χ0n) is 7.79. The van der Waals surface area contributed by atoms with Crippen molar-refractivity contribution in [2.75, 3.05) is 13.1 Å². The second-order valence-corrected chi connectivity index (χ2v) is 4.69. The number of aryl methyl sites for hydroxylation is 1. The van der Waals surface area contributed by atoms with E-state index in [4.69, 9.17) is 0 Å². The third-order valence-electron chi connectivity index (χ3n) is 2.58. The van der Waals surface area contributed by atoms with E-state index in [1.165, 1.54) is 9.75 Å². The highest BCUT2D eigenvalue weighted by Crippen LogP contribution is 2.29. The number of aliphatic hydroxyl groups is 1. The van der Waals surface area contributed by atoms with Crippen LogP contribution in [0.1, 0.15) is 22.6 Å². The molecule has 3 heteroatoms. The molecule has 0 spiro atoms. The molecule has 13 heavy (non-hydrogen) atoms. The minimum atomic E-state index is -0.191. The first-order chi connectivity index (χ1) is 6.31. The summed E-state index contributed by atoms with van der Waals surface area (Å²) >= 11 is 1.83. The van der Waals surface area contributed by atoms with E-state index in [0.717, 1.165) is 19.5 Å². The van der Waals surface area contributed by atoms with Crippen LogP contribution in [0.4, 0.5) is 0 Å². The van der Waals surface area contributed by atoms with Gasteiger partial charge in [0.1, 0.15) is 0 Å². The normalized spacial score (nSPS) is 28.2. The van der Waals surface area contributed by atoms with E-state index >= 15 is 0 Å². The van der Waals surface area contributed by atoms with Crippen molar-refractivity contribution in [1.29, 1.82) is 0 Å². The third-order valence-corrected chi connectivity index (χ3v) is 3.94. The van der Waals surface area contributed by atoms with Crippen molar-refractivity contribution in [3.05, 3.63) is 21.9 Å². The molecule has 0 bridgehead atoms. The van der Waals surface area contributed by atoms with Gasteiger partial charge in [-0.05, 0) is 18.6 Å². The third kappa shape index (κ3) is 1.77. The predicted octanol–water partition coefficient (Wildman–Crippen LogP) is 1.36. The van der Waals surface area contributed by atoms with Gasteiger partial charge in [-0.15, -0.1) is 11.3 Å². The number of hydrogen-bond acceptors (Lipinski definition) is 3. The van der Waals surface area contributed by atoms with E-state index < -0.39 is 0 Å². The van der Waals surface area contributed by atoms with E-state index in [9.17, 15) is 5.11 Å². The largest absolute Gasteiger partial charge is 0.391 e. The number of rotatable bonds is 2. The van der Waals surface area contributed by atoms with Crippen LogP contribution in [0.25, 0.3) is 0 Å². The summed E-state index contributed by atoms with van der Waals surface area (Å²) in [5.41, 5.74) is 0. The van der Waals surface area contributed by atoms with Gasteiger partial charge in [0.05, 0.1) is 6.10 Å². The zero-order chi connectivity index (χ0) is 9.26. The maximum absolute atomic E-state index is 9.67. The second-order valence-electron chi connectivity index (χ2n) is 3.49. The zero-order valence-corrected chi connectivity index (χ0v) is 8.60. The van der Waals surface area contributed by atoms with Gasteiger partial charge in [-0.3, -0.25) is 0 Å². The molecule has 2 nitrogen and oxygen atoms in total. The highest BCUT2D eigenvalue weighted by molar-refractivity contribution is 7.12. The van der Waals surface area contributed by atoms with Crippen LogP contribution in [0.15, 0.2) is 12.1 Å². The summed E-state index contributed by atoms with van der Waals surface area (Å²) in [7, 11) is 0. The fourth-order valence-corrected chi connectivity index (χ4v) is 2.85. The van der Waals surface area contributed by atoms with Gasteiger partial charge >= 0.3 is 0 Å². The van der Waals surface area contributed by atoms with Crippen LogP contribution in [0, 0.1) is 0 Å². The quantitative estimate of drug-likeness (QED) is 0.750. The van der Waals surface area contributed by atoms with E-state index in [1.807, 2.05) is 11.3 Å². The minimum absolute atomic E-state index is 0.191. The highest BCUT2D eigenvalue weighted by atomic mass is 32.1. The number of thiophene rings is 1.